The van der Waals surface area contributed by atoms with Crippen LogP contribution in [0.5, 0.6) is 17.2 Å². The summed E-state index contributed by atoms with van der Waals surface area (Å²) in [5, 5.41) is 19.4. The fraction of sp³-hybridized carbons (Fsp3) is 0.429. The average molecular weight is 537 g/mol. The first kappa shape index (κ1) is 26.6. The number of benzene rings is 3. The van der Waals surface area contributed by atoms with E-state index < -0.39 is 0 Å². The summed E-state index contributed by atoms with van der Waals surface area (Å²) in [6, 6.07) is 18.2. The monoisotopic (exact) mass is 536 g/mol. The van der Waals surface area contributed by atoms with Crippen molar-refractivity contribution in [3.63, 3.8) is 0 Å². The van der Waals surface area contributed by atoms with E-state index in [-0.39, 0.29) is 5.41 Å². The highest BCUT2D eigenvalue weighted by atomic mass is 16.5. The van der Waals surface area contributed by atoms with Crippen LogP contribution in [-0.4, -0.2) is 24.1 Å². The van der Waals surface area contributed by atoms with Crippen LogP contribution in [-0.2, 0) is 13.0 Å². The minimum atomic E-state index is 0.123. The maximum Gasteiger partial charge on any atom is 0.125 e. The first-order valence-electron chi connectivity index (χ1n) is 14.7. The molecule has 0 unspecified atom stereocenters. The molecule has 2 saturated carbocycles. The van der Waals surface area contributed by atoms with Gasteiger partial charge in [-0.15, -0.1) is 0 Å². The lowest BCUT2D eigenvalue weighted by Gasteiger charge is -2.49. The van der Waals surface area contributed by atoms with Crippen molar-refractivity contribution in [1.29, 1.82) is 0 Å². The summed E-state index contributed by atoms with van der Waals surface area (Å²) in [6.07, 6.45) is 8.69. The van der Waals surface area contributed by atoms with Gasteiger partial charge in [0.25, 0.3) is 0 Å². The van der Waals surface area contributed by atoms with Gasteiger partial charge in [-0.05, 0) is 134 Å². The average Bonchev–Trinajstić information content (AvgIpc) is 3.29. The minimum absolute atomic E-state index is 0.123. The van der Waals surface area contributed by atoms with Crippen molar-refractivity contribution in [2.24, 2.45) is 27.5 Å². The molecule has 6 rings (SSSR count). The quantitative estimate of drug-likeness (QED) is 0.257. The molecule has 0 heterocycles. The second kappa shape index (κ2) is 10.8. The van der Waals surface area contributed by atoms with E-state index in [1.165, 1.54) is 41.7 Å². The topological polar surface area (TPSA) is 63.4 Å². The summed E-state index contributed by atoms with van der Waals surface area (Å²) in [7, 11) is 1.69. The van der Waals surface area contributed by atoms with Gasteiger partial charge in [0.05, 0.1) is 13.3 Å². The third kappa shape index (κ3) is 4.80. The zero-order valence-electron chi connectivity index (χ0n) is 24.1. The summed E-state index contributed by atoms with van der Waals surface area (Å²) < 4.78 is 11.8. The summed E-state index contributed by atoms with van der Waals surface area (Å²) in [6.45, 7) is 7.04. The second-order valence-corrected chi connectivity index (χ2v) is 12.1. The Balaban J connectivity index is 1.17. The molecule has 3 aromatic carbocycles. The Kier molecular flexibility index (Phi) is 7.16. The van der Waals surface area contributed by atoms with E-state index in [9.17, 15) is 5.11 Å². The van der Waals surface area contributed by atoms with Crippen molar-refractivity contribution in [2.75, 3.05) is 7.11 Å². The molecule has 5 heteroatoms. The van der Waals surface area contributed by atoms with Crippen LogP contribution in [0.1, 0.15) is 78.3 Å². The standard InChI is InChI=1S/C35H40N2O3/c1-22-6-5-7-32(23(22)2)40-21-26-18-24(8-14-33(26)39-4)20-36-37-34-15-13-31-30-11-9-25-19-27(38)10-12-28(25)29(30)16-17-35(31,34)3/h5-8,10,12,14,18-20,29-31,38H,9,11,13,15-17,21H2,1-4H3/b36-20-,37-34-/t29-,30+,31+,35-/m0/s1. The predicted molar refractivity (Wildman–Crippen MR) is 161 cm³/mol. The second-order valence-electron chi connectivity index (χ2n) is 12.1. The lowest BCUT2D eigenvalue weighted by Crippen LogP contribution is -2.42. The molecule has 1 N–H and O–H groups in total. The van der Waals surface area contributed by atoms with Gasteiger partial charge >= 0.3 is 0 Å². The van der Waals surface area contributed by atoms with E-state index >= 15 is 0 Å². The molecule has 5 nitrogen and oxygen atoms in total. The Labute approximate surface area is 238 Å². The van der Waals surface area contributed by atoms with Gasteiger partial charge in [0.2, 0.25) is 0 Å². The number of hydrogen-bond acceptors (Lipinski definition) is 5. The third-order valence-corrected chi connectivity index (χ3v) is 10.1. The summed E-state index contributed by atoms with van der Waals surface area (Å²) in [5.74, 6) is 4.04. The molecule has 0 amide bonds. The van der Waals surface area contributed by atoms with Crippen molar-refractivity contribution in [1.82, 2.24) is 0 Å². The van der Waals surface area contributed by atoms with E-state index in [0.717, 1.165) is 47.5 Å². The number of hydrogen-bond donors (Lipinski definition) is 1. The highest BCUT2D eigenvalue weighted by Gasteiger charge is 2.53. The number of ether oxygens (including phenoxy) is 2. The smallest absolute Gasteiger partial charge is 0.125 e. The predicted octanol–water partition coefficient (Wildman–Crippen LogP) is 7.93. The molecule has 2 fully saturated rings. The number of methoxy groups -OCH3 is 1. The number of fused-ring (bicyclic) bond motifs is 5. The van der Waals surface area contributed by atoms with Gasteiger partial charge in [-0.3, -0.25) is 0 Å². The summed E-state index contributed by atoms with van der Waals surface area (Å²) >= 11 is 0. The molecule has 0 radical (unpaired) electrons. The first-order chi connectivity index (χ1) is 19.4. The van der Waals surface area contributed by atoms with E-state index in [0.29, 0.717) is 30.1 Å². The Hall–Kier alpha value is -3.60. The molecule has 0 bridgehead atoms. The van der Waals surface area contributed by atoms with Crippen molar-refractivity contribution in [2.45, 2.75) is 71.8 Å². The van der Waals surface area contributed by atoms with Crippen molar-refractivity contribution in [3.8, 4) is 17.2 Å². The van der Waals surface area contributed by atoms with Gasteiger partial charge in [0, 0.05) is 16.7 Å². The Bertz CT molecular complexity index is 1480. The van der Waals surface area contributed by atoms with Gasteiger partial charge in [-0.1, -0.05) is 25.1 Å². The van der Waals surface area contributed by atoms with Crippen LogP contribution in [0.25, 0.3) is 0 Å². The molecule has 3 aliphatic carbocycles. The number of nitrogens with zero attached hydrogens (tertiary/aromatic N) is 2. The fourth-order valence-electron chi connectivity index (χ4n) is 7.71. The molecular weight excluding hydrogens is 496 g/mol. The molecule has 0 aromatic heterocycles. The SMILES string of the molecule is COc1ccc(/C=N\N=C2\CC[C@@H]3[C@@H]4CCc5cc(O)ccc5[C@@H]4CC[C@]23C)cc1COc1cccc(C)c1C. The van der Waals surface area contributed by atoms with Crippen LogP contribution < -0.4 is 9.47 Å². The van der Waals surface area contributed by atoms with Gasteiger partial charge in [-0.25, -0.2) is 0 Å². The molecule has 0 aliphatic heterocycles. The number of aryl methyl sites for hydroxylation is 2. The van der Waals surface area contributed by atoms with E-state index in [1.807, 2.05) is 42.6 Å². The maximum absolute atomic E-state index is 9.97. The van der Waals surface area contributed by atoms with Crippen molar-refractivity contribution < 1.29 is 14.6 Å². The highest BCUT2D eigenvalue weighted by Crippen LogP contribution is 2.60. The van der Waals surface area contributed by atoms with Gasteiger partial charge < -0.3 is 14.6 Å². The van der Waals surface area contributed by atoms with E-state index in [4.69, 9.17) is 14.6 Å². The lowest BCUT2D eigenvalue weighted by molar-refractivity contribution is 0.0955. The van der Waals surface area contributed by atoms with Gasteiger partial charge in [-0.2, -0.15) is 10.2 Å². The first-order valence-corrected chi connectivity index (χ1v) is 14.7. The largest absolute Gasteiger partial charge is 0.508 e. The van der Waals surface area contributed by atoms with E-state index in [2.05, 4.69) is 44.1 Å². The molecule has 4 atom stereocenters. The third-order valence-electron chi connectivity index (χ3n) is 10.1. The van der Waals surface area contributed by atoms with Crippen LogP contribution >= 0.6 is 0 Å². The fourth-order valence-corrected chi connectivity index (χ4v) is 7.71. The molecule has 208 valence electrons. The van der Waals surface area contributed by atoms with Crippen LogP contribution in [0.15, 0.2) is 64.8 Å². The van der Waals surface area contributed by atoms with Crippen LogP contribution in [0, 0.1) is 31.1 Å². The highest BCUT2D eigenvalue weighted by molar-refractivity contribution is 5.93. The van der Waals surface area contributed by atoms with E-state index in [1.54, 1.807) is 7.11 Å². The van der Waals surface area contributed by atoms with Gasteiger partial charge in [0.1, 0.15) is 23.9 Å². The van der Waals surface area contributed by atoms with Crippen molar-refractivity contribution >= 4 is 11.9 Å². The summed E-state index contributed by atoms with van der Waals surface area (Å²) in [4.78, 5) is 0. The lowest BCUT2D eigenvalue weighted by atomic mass is 9.55. The number of aromatic hydroxyl groups is 1. The van der Waals surface area contributed by atoms with Gasteiger partial charge in [0.15, 0.2) is 0 Å². The number of phenols is 1. The normalized spacial score (nSPS) is 26.4. The Morgan fingerprint density at radius 1 is 1.00 bits per heavy atom. The molecule has 0 spiro atoms. The zero-order valence-corrected chi connectivity index (χ0v) is 24.1. The Morgan fingerprint density at radius 3 is 2.73 bits per heavy atom. The summed E-state index contributed by atoms with van der Waals surface area (Å²) in [5.41, 5.74) is 8.54. The minimum Gasteiger partial charge on any atom is -0.508 e. The maximum atomic E-state index is 9.97. The van der Waals surface area contributed by atoms with Crippen LogP contribution in [0.3, 0.4) is 0 Å². The van der Waals surface area contributed by atoms with Crippen LogP contribution in [0.2, 0.25) is 0 Å². The zero-order chi connectivity index (χ0) is 27.9. The number of phenolic OH excluding ortho intramolecular Hbond substituents is 1. The molecule has 40 heavy (non-hydrogen) atoms. The van der Waals surface area contributed by atoms with Crippen molar-refractivity contribution in [3.05, 3.63) is 88.0 Å². The molecule has 0 saturated heterocycles. The molecule has 3 aromatic rings. The molecular formula is C35H40N2O3. The Morgan fingerprint density at radius 2 is 1.88 bits per heavy atom. The number of rotatable bonds is 6. The molecule has 3 aliphatic rings. The van der Waals surface area contributed by atoms with Crippen LogP contribution in [0.4, 0.5) is 0 Å².